The second kappa shape index (κ2) is 16.0. The molecular formula is C38H43N5O4S. The third-order valence-corrected chi connectivity index (χ3v) is 9.66. The molecule has 48 heavy (non-hydrogen) atoms. The van der Waals surface area contributed by atoms with Crippen molar-refractivity contribution in [2.45, 2.75) is 63.7 Å². The zero-order valence-electron chi connectivity index (χ0n) is 27.6. The van der Waals surface area contributed by atoms with E-state index in [1.807, 2.05) is 80.6 Å². The molecule has 0 saturated carbocycles. The van der Waals surface area contributed by atoms with Gasteiger partial charge in [0, 0.05) is 48.8 Å². The lowest BCUT2D eigenvalue weighted by Crippen LogP contribution is -2.32. The first kappa shape index (κ1) is 34.7. The number of pyridine rings is 1. The summed E-state index contributed by atoms with van der Waals surface area (Å²) in [6, 6.07) is 31.9. The maximum atomic E-state index is 12.7. The SMILES string of the molecule is Cc1ccc(C)n1-c1ccc([C@H](O)CN[C@H](C)Cc2cccc(CC(=O)NCc3ccc(S(=O)(=O)NCc4ccccc4)cc3)c2)cn1. The Kier molecular flexibility index (Phi) is 11.6. The van der Waals surface area contributed by atoms with Crippen LogP contribution >= 0.6 is 0 Å². The Bertz CT molecular complexity index is 1890. The number of amides is 1. The van der Waals surface area contributed by atoms with Gasteiger partial charge in [0.2, 0.25) is 15.9 Å². The highest BCUT2D eigenvalue weighted by Gasteiger charge is 2.15. The number of nitrogens with zero attached hydrogens (tertiary/aromatic N) is 2. The third kappa shape index (κ3) is 9.48. The summed E-state index contributed by atoms with van der Waals surface area (Å²) >= 11 is 0. The second-order valence-corrected chi connectivity index (χ2v) is 13.9. The summed E-state index contributed by atoms with van der Waals surface area (Å²) in [6.45, 7) is 7.05. The van der Waals surface area contributed by atoms with Crippen LogP contribution < -0.4 is 15.4 Å². The molecule has 2 aromatic heterocycles. The molecule has 0 saturated heterocycles. The number of benzene rings is 3. The van der Waals surface area contributed by atoms with Gasteiger partial charge >= 0.3 is 0 Å². The maximum Gasteiger partial charge on any atom is 0.240 e. The highest BCUT2D eigenvalue weighted by atomic mass is 32.2. The molecule has 0 unspecified atom stereocenters. The smallest absolute Gasteiger partial charge is 0.240 e. The highest BCUT2D eigenvalue weighted by Crippen LogP contribution is 2.18. The summed E-state index contributed by atoms with van der Waals surface area (Å²) in [5, 5.41) is 17.1. The zero-order chi connectivity index (χ0) is 34.1. The highest BCUT2D eigenvalue weighted by molar-refractivity contribution is 7.89. The molecule has 3 aromatic carbocycles. The van der Waals surface area contributed by atoms with E-state index in [1.165, 1.54) is 0 Å². The van der Waals surface area contributed by atoms with Crippen LogP contribution in [-0.4, -0.2) is 41.6 Å². The lowest BCUT2D eigenvalue weighted by Gasteiger charge is -2.18. The van der Waals surface area contributed by atoms with Crippen molar-refractivity contribution in [3.63, 3.8) is 0 Å². The van der Waals surface area contributed by atoms with Crippen LogP contribution in [0.15, 0.2) is 114 Å². The van der Waals surface area contributed by atoms with Crippen molar-refractivity contribution < 1.29 is 18.3 Å². The average Bonchev–Trinajstić information content (AvgIpc) is 3.43. The molecule has 10 heteroatoms. The van der Waals surface area contributed by atoms with Crippen molar-refractivity contribution in [2.24, 2.45) is 0 Å². The fourth-order valence-corrected chi connectivity index (χ4v) is 6.59. The number of aryl methyl sites for hydroxylation is 2. The Morgan fingerprint density at radius 2 is 1.48 bits per heavy atom. The summed E-state index contributed by atoms with van der Waals surface area (Å²) < 4.78 is 30.0. The van der Waals surface area contributed by atoms with Crippen molar-refractivity contribution in [1.29, 1.82) is 0 Å². The van der Waals surface area contributed by atoms with Gasteiger partial charge in [-0.15, -0.1) is 0 Å². The Balaban J connectivity index is 1.05. The Morgan fingerprint density at radius 3 is 2.17 bits per heavy atom. The Hall–Kier alpha value is -4.61. The van der Waals surface area contributed by atoms with Gasteiger partial charge in [0.25, 0.3) is 0 Å². The molecule has 9 nitrogen and oxygen atoms in total. The molecule has 1 amide bonds. The van der Waals surface area contributed by atoms with Crippen molar-refractivity contribution in [1.82, 2.24) is 24.9 Å². The summed E-state index contributed by atoms with van der Waals surface area (Å²) in [6.07, 6.45) is 2.01. The van der Waals surface area contributed by atoms with Crippen molar-refractivity contribution in [3.8, 4) is 5.82 Å². The van der Waals surface area contributed by atoms with Gasteiger partial charge in [0.15, 0.2) is 0 Å². The van der Waals surface area contributed by atoms with Crippen LogP contribution in [0, 0.1) is 13.8 Å². The second-order valence-electron chi connectivity index (χ2n) is 12.2. The third-order valence-electron chi connectivity index (χ3n) is 8.25. The summed E-state index contributed by atoms with van der Waals surface area (Å²) in [5.74, 6) is 0.708. The molecule has 5 aromatic rings. The summed E-state index contributed by atoms with van der Waals surface area (Å²) in [4.78, 5) is 17.5. The molecule has 5 rings (SSSR count). The molecule has 2 heterocycles. The van der Waals surface area contributed by atoms with Crippen LogP contribution in [-0.2, 0) is 40.7 Å². The molecule has 4 N–H and O–H groups in total. The molecule has 0 aliphatic rings. The van der Waals surface area contributed by atoms with Crippen LogP contribution in [0.5, 0.6) is 0 Å². The standard InChI is InChI=1S/C38H43N5O4S/c1-27(39-26-36(44)34-16-19-37(40-25-34)43-28(2)12-13-29(43)3)20-32-10-7-11-33(21-32)22-38(45)41-23-31-14-17-35(18-15-31)48(46,47)42-24-30-8-5-4-6-9-30/h4-19,21,25,27,36,39,42,44H,20,22-24,26H2,1-3H3,(H,41,45)/t27-,36-/m1/s1. The number of carbonyl (C=O) groups is 1. The number of aliphatic hydroxyl groups is 1. The van der Waals surface area contributed by atoms with Gasteiger partial charge in [0.05, 0.1) is 17.4 Å². The normalized spacial score (nSPS) is 12.8. The van der Waals surface area contributed by atoms with E-state index in [9.17, 15) is 18.3 Å². The summed E-state index contributed by atoms with van der Waals surface area (Å²) in [7, 11) is -3.65. The molecule has 2 atom stereocenters. The summed E-state index contributed by atoms with van der Waals surface area (Å²) in [5.41, 5.74) is 6.66. The first-order valence-corrected chi connectivity index (χ1v) is 17.6. The number of nitrogens with one attached hydrogen (secondary N) is 3. The average molecular weight is 666 g/mol. The van der Waals surface area contributed by atoms with Gasteiger partial charge in [-0.3, -0.25) is 4.79 Å². The molecule has 0 radical (unpaired) electrons. The lowest BCUT2D eigenvalue weighted by atomic mass is 10.0. The first-order valence-electron chi connectivity index (χ1n) is 16.1. The van der Waals surface area contributed by atoms with E-state index in [0.29, 0.717) is 13.1 Å². The molecule has 0 bridgehead atoms. The molecule has 0 spiro atoms. The predicted molar refractivity (Wildman–Crippen MR) is 188 cm³/mol. The van der Waals surface area contributed by atoms with E-state index >= 15 is 0 Å². The number of sulfonamides is 1. The molecule has 0 fully saturated rings. The number of aromatic nitrogens is 2. The largest absolute Gasteiger partial charge is 0.387 e. The number of carbonyl (C=O) groups excluding carboxylic acids is 1. The van der Waals surface area contributed by atoms with Crippen molar-refractivity contribution in [3.05, 3.63) is 149 Å². The fraction of sp³-hybridized carbons (Fsp3) is 0.263. The van der Waals surface area contributed by atoms with Crippen LogP contribution in [0.2, 0.25) is 0 Å². The van der Waals surface area contributed by atoms with Gasteiger partial charge in [-0.25, -0.2) is 18.1 Å². The van der Waals surface area contributed by atoms with E-state index in [4.69, 9.17) is 0 Å². The van der Waals surface area contributed by atoms with Gasteiger partial charge in [-0.1, -0.05) is 72.8 Å². The van der Waals surface area contributed by atoms with Crippen LogP contribution in [0.25, 0.3) is 5.82 Å². The predicted octanol–water partition coefficient (Wildman–Crippen LogP) is 5.08. The van der Waals surface area contributed by atoms with Crippen LogP contribution in [0.3, 0.4) is 0 Å². The van der Waals surface area contributed by atoms with Gasteiger partial charge < -0.3 is 20.3 Å². The number of aliphatic hydroxyl groups excluding tert-OH is 1. The maximum absolute atomic E-state index is 12.7. The molecular weight excluding hydrogens is 623 g/mol. The van der Waals surface area contributed by atoms with Gasteiger partial charge in [-0.05, 0) is 79.8 Å². The minimum Gasteiger partial charge on any atom is -0.387 e. The monoisotopic (exact) mass is 665 g/mol. The molecule has 0 aliphatic carbocycles. The lowest BCUT2D eigenvalue weighted by molar-refractivity contribution is -0.120. The number of hydrogen-bond acceptors (Lipinski definition) is 6. The minimum absolute atomic E-state index is 0.0986. The van der Waals surface area contributed by atoms with Gasteiger partial charge in [0.1, 0.15) is 5.82 Å². The first-order chi connectivity index (χ1) is 23.1. The van der Waals surface area contributed by atoms with E-state index in [2.05, 4.69) is 44.0 Å². The molecule has 0 aliphatic heterocycles. The Morgan fingerprint density at radius 1 is 0.812 bits per heavy atom. The van der Waals surface area contributed by atoms with Crippen molar-refractivity contribution >= 4 is 15.9 Å². The number of hydrogen-bond donors (Lipinski definition) is 4. The zero-order valence-corrected chi connectivity index (χ0v) is 28.4. The van der Waals surface area contributed by atoms with Crippen molar-refractivity contribution in [2.75, 3.05) is 6.54 Å². The van der Waals surface area contributed by atoms with E-state index in [1.54, 1.807) is 30.5 Å². The van der Waals surface area contributed by atoms with Gasteiger partial charge in [-0.2, -0.15) is 0 Å². The topological polar surface area (TPSA) is 125 Å². The van der Waals surface area contributed by atoms with Crippen LogP contribution in [0.4, 0.5) is 0 Å². The van der Waals surface area contributed by atoms with E-state index < -0.39 is 16.1 Å². The minimum atomic E-state index is -3.65. The fourth-order valence-electron chi connectivity index (χ4n) is 5.57. The molecule has 250 valence electrons. The Labute approximate surface area is 283 Å². The quantitative estimate of drug-likeness (QED) is 0.124. The van der Waals surface area contributed by atoms with E-state index in [-0.39, 0.29) is 29.8 Å². The van der Waals surface area contributed by atoms with Crippen LogP contribution in [0.1, 0.15) is 52.2 Å². The number of rotatable bonds is 15. The van der Waals surface area contributed by atoms with E-state index in [0.717, 1.165) is 51.4 Å².